The van der Waals surface area contributed by atoms with Crippen molar-refractivity contribution in [2.24, 2.45) is 0 Å². The standard InChI is InChI=1S/C12H13FN4/c13-9-5-10-11(16-7-15-10)6-12(9)17-3-1-8(14)2-4-17/h5-7,14H,1-4H2,(H,15,16). The summed E-state index contributed by atoms with van der Waals surface area (Å²) in [5.74, 6) is -0.227. The van der Waals surface area contributed by atoms with E-state index in [1.165, 1.54) is 6.07 Å². The van der Waals surface area contributed by atoms with Gasteiger partial charge in [0.25, 0.3) is 0 Å². The van der Waals surface area contributed by atoms with E-state index in [1.54, 1.807) is 12.4 Å². The number of nitrogens with zero attached hydrogens (tertiary/aromatic N) is 2. The Kier molecular flexibility index (Phi) is 2.31. The largest absolute Gasteiger partial charge is 0.368 e. The minimum Gasteiger partial charge on any atom is -0.368 e. The molecular formula is C12H13FN4. The van der Waals surface area contributed by atoms with Crippen molar-refractivity contribution >= 4 is 22.4 Å². The number of aromatic nitrogens is 2. The second kappa shape index (κ2) is 3.84. The van der Waals surface area contributed by atoms with Crippen molar-refractivity contribution < 1.29 is 4.39 Å². The summed E-state index contributed by atoms with van der Waals surface area (Å²) < 4.78 is 13.9. The third-order valence-electron chi connectivity index (χ3n) is 3.20. The lowest BCUT2D eigenvalue weighted by molar-refractivity contribution is 0.615. The Morgan fingerprint density at radius 3 is 2.82 bits per heavy atom. The minimum absolute atomic E-state index is 0.227. The van der Waals surface area contributed by atoms with E-state index in [0.29, 0.717) is 18.8 Å². The van der Waals surface area contributed by atoms with Crippen LogP contribution in [0.4, 0.5) is 10.1 Å². The Morgan fingerprint density at radius 1 is 1.29 bits per heavy atom. The van der Waals surface area contributed by atoms with Crippen molar-refractivity contribution in [1.29, 1.82) is 5.41 Å². The fourth-order valence-corrected chi connectivity index (χ4v) is 2.20. The number of H-pyrrole nitrogens is 1. The van der Waals surface area contributed by atoms with E-state index in [4.69, 9.17) is 5.41 Å². The third kappa shape index (κ3) is 1.77. The number of halogens is 1. The maximum atomic E-state index is 13.9. The van der Waals surface area contributed by atoms with Crippen LogP contribution in [0.2, 0.25) is 0 Å². The molecule has 1 aliphatic heterocycles. The lowest BCUT2D eigenvalue weighted by Crippen LogP contribution is -2.34. The first-order valence-electron chi connectivity index (χ1n) is 5.68. The second-order valence-electron chi connectivity index (χ2n) is 4.31. The van der Waals surface area contributed by atoms with Gasteiger partial charge in [-0.25, -0.2) is 9.37 Å². The summed E-state index contributed by atoms with van der Waals surface area (Å²) in [6.45, 7) is 1.43. The number of benzene rings is 1. The van der Waals surface area contributed by atoms with E-state index in [2.05, 4.69) is 9.97 Å². The summed E-state index contributed by atoms with van der Waals surface area (Å²) in [7, 11) is 0. The zero-order valence-corrected chi connectivity index (χ0v) is 9.33. The zero-order valence-electron chi connectivity index (χ0n) is 9.33. The van der Waals surface area contributed by atoms with Gasteiger partial charge >= 0.3 is 0 Å². The lowest BCUT2D eigenvalue weighted by Gasteiger charge is -2.29. The average molecular weight is 232 g/mol. The molecule has 2 N–H and O–H groups in total. The Labute approximate surface area is 98.0 Å². The van der Waals surface area contributed by atoms with Crippen LogP contribution in [-0.4, -0.2) is 28.8 Å². The molecule has 3 rings (SSSR count). The quantitative estimate of drug-likeness (QED) is 0.792. The van der Waals surface area contributed by atoms with Gasteiger partial charge < -0.3 is 15.3 Å². The van der Waals surface area contributed by atoms with Crippen LogP contribution in [0.3, 0.4) is 0 Å². The number of hydrogen-bond donors (Lipinski definition) is 2. The van der Waals surface area contributed by atoms with Crippen LogP contribution in [-0.2, 0) is 0 Å². The molecule has 1 saturated heterocycles. The number of fused-ring (bicyclic) bond motifs is 1. The predicted molar refractivity (Wildman–Crippen MR) is 65.2 cm³/mol. The van der Waals surface area contributed by atoms with Crippen molar-refractivity contribution in [3.05, 3.63) is 24.3 Å². The summed E-state index contributed by atoms with van der Waals surface area (Å²) in [6, 6.07) is 3.26. The number of piperidine rings is 1. The number of aromatic amines is 1. The average Bonchev–Trinajstić information content (AvgIpc) is 2.76. The van der Waals surface area contributed by atoms with Crippen LogP contribution in [0.15, 0.2) is 18.5 Å². The molecule has 0 radical (unpaired) electrons. The van der Waals surface area contributed by atoms with Crippen LogP contribution >= 0.6 is 0 Å². The van der Waals surface area contributed by atoms with E-state index < -0.39 is 0 Å². The molecular weight excluding hydrogens is 219 g/mol. The van der Waals surface area contributed by atoms with Crippen molar-refractivity contribution in [2.75, 3.05) is 18.0 Å². The fourth-order valence-electron chi connectivity index (χ4n) is 2.20. The van der Waals surface area contributed by atoms with E-state index in [1.807, 2.05) is 4.90 Å². The van der Waals surface area contributed by atoms with Crippen molar-refractivity contribution in [1.82, 2.24) is 9.97 Å². The molecule has 0 amide bonds. The van der Waals surface area contributed by atoms with E-state index in [-0.39, 0.29) is 5.82 Å². The Hall–Kier alpha value is -1.91. The molecule has 0 unspecified atom stereocenters. The molecule has 0 aliphatic carbocycles. The van der Waals surface area contributed by atoms with Gasteiger partial charge in [-0.05, 0) is 6.07 Å². The molecule has 4 nitrogen and oxygen atoms in total. The molecule has 0 atom stereocenters. The first-order valence-corrected chi connectivity index (χ1v) is 5.68. The van der Waals surface area contributed by atoms with Crippen molar-refractivity contribution in [3.63, 3.8) is 0 Å². The minimum atomic E-state index is -0.227. The highest BCUT2D eigenvalue weighted by molar-refractivity contribution is 5.85. The van der Waals surface area contributed by atoms with E-state index >= 15 is 0 Å². The molecule has 1 fully saturated rings. The number of nitrogens with one attached hydrogen (secondary N) is 2. The SMILES string of the molecule is N=C1CCN(c2cc3nc[nH]c3cc2F)CC1. The van der Waals surface area contributed by atoms with Crippen LogP contribution in [0.5, 0.6) is 0 Å². The maximum Gasteiger partial charge on any atom is 0.148 e. The predicted octanol–water partition coefficient (Wildman–Crippen LogP) is 2.32. The molecule has 0 saturated carbocycles. The molecule has 17 heavy (non-hydrogen) atoms. The second-order valence-corrected chi connectivity index (χ2v) is 4.31. The molecule has 0 bridgehead atoms. The summed E-state index contributed by atoms with van der Waals surface area (Å²) in [5.41, 5.74) is 2.85. The highest BCUT2D eigenvalue weighted by Crippen LogP contribution is 2.26. The van der Waals surface area contributed by atoms with Gasteiger partial charge in [-0.2, -0.15) is 0 Å². The molecule has 88 valence electrons. The Bertz CT molecular complexity index is 565. The first kappa shape index (κ1) is 10.3. The molecule has 5 heteroatoms. The van der Waals surface area contributed by atoms with Crippen molar-refractivity contribution in [2.45, 2.75) is 12.8 Å². The first-order chi connectivity index (χ1) is 8.24. The smallest absolute Gasteiger partial charge is 0.148 e. The number of anilines is 1. The summed E-state index contributed by atoms with van der Waals surface area (Å²) in [4.78, 5) is 9.02. The van der Waals surface area contributed by atoms with Crippen LogP contribution < -0.4 is 4.90 Å². The van der Waals surface area contributed by atoms with Gasteiger partial charge in [0.05, 0.1) is 23.0 Å². The van der Waals surface area contributed by atoms with Gasteiger partial charge in [0, 0.05) is 37.7 Å². The van der Waals surface area contributed by atoms with Crippen LogP contribution in [0.25, 0.3) is 11.0 Å². The summed E-state index contributed by atoms with van der Waals surface area (Å²) in [6.07, 6.45) is 3.01. The van der Waals surface area contributed by atoms with Gasteiger partial charge in [0.15, 0.2) is 0 Å². The topological polar surface area (TPSA) is 55.8 Å². The van der Waals surface area contributed by atoms with Crippen LogP contribution in [0, 0.1) is 11.2 Å². The lowest BCUT2D eigenvalue weighted by atomic mass is 10.1. The molecule has 0 spiro atoms. The normalized spacial score (nSPS) is 16.8. The number of imidazole rings is 1. The summed E-state index contributed by atoms with van der Waals surface area (Å²) >= 11 is 0. The van der Waals surface area contributed by atoms with E-state index in [9.17, 15) is 4.39 Å². The van der Waals surface area contributed by atoms with Gasteiger partial charge in [-0.1, -0.05) is 0 Å². The molecule has 1 aromatic carbocycles. The molecule has 2 heterocycles. The maximum absolute atomic E-state index is 13.9. The number of hydrogen-bond acceptors (Lipinski definition) is 3. The zero-order chi connectivity index (χ0) is 11.8. The highest BCUT2D eigenvalue weighted by Gasteiger charge is 2.18. The Morgan fingerprint density at radius 2 is 2.06 bits per heavy atom. The molecule has 1 aromatic heterocycles. The van der Waals surface area contributed by atoms with Gasteiger partial charge in [-0.15, -0.1) is 0 Å². The number of rotatable bonds is 1. The van der Waals surface area contributed by atoms with Crippen LogP contribution in [0.1, 0.15) is 12.8 Å². The summed E-state index contributed by atoms with van der Waals surface area (Å²) in [5, 5.41) is 7.56. The van der Waals surface area contributed by atoms with Gasteiger partial charge in [0.2, 0.25) is 0 Å². The van der Waals surface area contributed by atoms with E-state index in [0.717, 1.165) is 29.6 Å². The molecule has 2 aromatic rings. The van der Waals surface area contributed by atoms with Gasteiger partial charge in [-0.3, -0.25) is 0 Å². The monoisotopic (exact) mass is 232 g/mol. The highest BCUT2D eigenvalue weighted by atomic mass is 19.1. The van der Waals surface area contributed by atoms with Crippen molar-refractivity contribution in [3.8, 4) is 0 Å². The van der Waals surface area contributed by atoms with Gasteiger partial charge in [0.1, 0.15) is 5.82 Å². The Balaban J connectivity index is 1.98. The fraction of sp³-hybridized carbons (Fsp3) is 0.333. The molecule has 1 aliphatic rings. The third-order valence-corrected chi connectivity index (χ3v) is 3.20.